The Morgan fingerprint density at radius 2 is 0.947 bits per heavy atom. The zero-order chi connectivity index (χ0) is 15.1. The van der Waals surface area contributed by atoms with Crippen LogP contribution in [0.4, 0.5) is 0 Å². The van der Waals surface area contributed by atoms with Crippen molar-refractivity contribution < 1.29 is 0 Å². The fourth-order valence-electron chi connectivity index (χ4n) is 4.91. The van der Waals surface area contributed by atoms with Gasteiger partial charge in [-0.15, -0.1) is 0 Å². The van der Waals surface area contributed by atoms with Crippen molar-refractivity contribution in [2.75, 3.05) is 13.1 Å². The van der Waals surface area contributed by atoms with Gasteiger partial charge in [-0.2, -0.15) is 0 Å². The van der Waals surface area contributed by atoms with Crippen LogP contribution in [0.15, 0.2) is 0 Å². The van der Waals surface area contributed by atoms with Crippen molar-refractivity contribution in [3.8, 4) is 0 Å². The maximum absolute atomic E-state index is 2.91. The Bertz CT molecular complexity index is 347. The van der Waals surface area contributed by atoms with Gasteiger partial charge in [0.25, 0.3) is 0 Å². The maximum Gasteiger partial charge on any atom is 0.219 e. The minimum Gasteiger partial charge on any atom is -0.305 e. The number of hydrogen-bond donors (Lipinski definition) is 0. The molecular weight excluding hydrogens is 248 g/mol. The highest BCUT2D eigenvalue weighted by Crippen LogP contribution is 2.84. The maximum atomic E-state index is 2.91. The second-order valence-corrected chi connectivity index (χ2v) is 14.5. The van der Waals surface area contributed by atoms with Crippen molar-refractivity contribution in [3.05, 3.63) is 0 Å². The predicted octanol–water partition coefficient (Wildman–Crippen LogP) is 4.22. The summed E-state index contributed by atoms with van der Waals surface area (Å²) in [7, 11) is -1.61. The fraction of sp³-hybridized carbons (Fsp3) is 1.00. The molecule has 0 aromatic rings. The molecule has 0 aromatic carbocycles. The van der Waals surface area contributed by atoms with Gasteiger partial charge in [-0.1, -0.05) is 27.7 Å². The standard InChI is InChI=1S/C16H34N2Si/c1-13(2,3)17-11-12-18(14(4,5)6)19(17)15(7,8)16(19,9)10/h11-12H2,1-10H3. The number of nitrogens with zero attached hydrogens (tertiary/aromatic N) is 2. The highest BCUT2D eigenvalue weighted by molar-refractivity contribution is 6.92. The largest absolute Gasteiger partial charge is 0.305 e. The molecule has 0 radical (unpaired) electrons. The third-order valence-electron chi connectivity index (χ3n) is 6.19. The van der Waals surface area contributed by atoms with Crippen molar-refractivity contribution in [3.63, 3.8) is 0 Å². The molecule has 2 saturated heterocycles. The molecule has 1 spiro atoms. The normalized spacial score (nSPS) is 30.0. The summed E-state index contributed by atoms with van der Waals surface area (Å²) >= 11 is 0. The van der Waals surface area contributed by atoms with Crippen molar-refractivity contribution in [1.29, 1.82) is 0 Å². The first-order valence-electron chi connectivity index (χ1n) is 7.78. The van der Waals surface area contributed by atoms with Gasteiger partial charge in [0.15, 0.2) is 0 Å². The van der Waals surface area contributed by atoms with E-state index >= 15 is 0 Å². The van der Waals surface area contributed by atoms with Gasteiger partial charge in [-0.3, -0.25) is 0 Å². The van der Waals surface area contributed by atoms with Crippen molar-refractivity contribution in [2.45, 2.75) is 90.4 Å². The lowest BCUT2D eigenvalue weighted by Gasteiger charge is -2.46. The van der Waals surface area contributed by atoms with Crippen LogP contribution >= 0.6 is 0 Å². The van der Waals surface area contributed by atoms with Crippen molar-refractivity contribution >= 4 is 8.40 Å². The first-order valence-corrected chi connectivity index (χ1v) is 9.67. The average Bonchev–Trinajstić information content (AvgIpc) is 2.52. The van der Waals surface area contributed by atoms with Crippen LogP contribution in [0.5, 0.6) is 0 Å². The number of hydrogen-bond acceptors (Lipinski definition) is 2. The third kappa shape index (κ3) is 1.61. The zero-order valence-corrected chi connectivity index (χ0v) is 15.8. The van der Waals surface area contributed by atoms with E-state index in [0.29, 0.717) is 10.1 Å². The summed E-state index contributed by atoms with van der Waals surface area (Å²) < 4.78 is 5.82. The van der Waals surface area contributed by atoms with Gasteiger partial charge >= 0.3 is 0 Å². The second-order valence-electron chi connectivity index (χ2n) is 9.57. The molecule has 2 fully saturated rings. The van der Waals surface area contributed by atoms with E-state index in [0.717, 1.165) is 0 Å². The van der Waals surface area contributed by atoms with E-state index in [9.17, 15) is 0 Å². The van der Waals surface area contributed by atoms with Crippen LogP contribution in [0.2, 0.25) is 10.1 Å². The fourth-order valence-corrected chi connectivity index (χ4v) is 13.5. The van der Waals surface area contributed by atoms with Crippen molar-refractivity contribution in [2.24, 2.45) is 0 Å². The minimum absolute atomic E-state index is 0.289. The molecule has 0 atom stereocenters. The molecule has 0 bridgehead atoms. The molecule has 112 valence electrons. The summed E-state index contributed by atoms with van der Waals surface area (Å²) in [5, 5.41) is 0.939. The molecular formula is C16H34N2Si. The third-order valence-corrected chi connectivity index (χ3v) is 14.0. The molecule has 0 unspecified atom stereocenters. The molecule has 2 nitrogen and oxygen atoms in total. The van der Waals surface area contributed by atoms with Crippen LogP contribution in [0, 0.1) is 0 Å². The smallest absolute Gasteiger partial charge is 0.219 e. The van der Waals surface area contributed by atoms with Gasteiger partial charge < -0.3 is 9.13 Å². The quantitative estimate of drug-likeness (QED) is 0.614. The van der Waals surface area contributed by atoms with Crippen LogP contribution in [0.25, 0.3) is 0 Å². The SMILES string of the molecule is CC(C)(C)N1CCN(C(C)(C)C)[Si]12C(C)(C)C2(C)C. The Labute approximate surface area is 121 Å². The topological polar surface area (TPSA) is 6.48 Å². The van der Waals surface area contributed by atoms with Crippen LogP contribution in [-0.2, 0) is 0 Å². The van der Waals surface area contributed by atoms with Crippen LogP contribution < -0.4 is 0 Å². The van der Waals surface area contributed by atoms with Gasteiger partial charge in [0, 0.05) is 24.2 Å². The molecule has 19 heavy (non-hydrogen) atoms. The Balaban J connectivity index is 2.56. The molecule has 0 aromatic heterocycles. The molecule has 2 aliphatic heterocycles. The molecule has 3 heteroatoms. The lowest BCUT2D eigenvalue weighted by Crippen LogP contribution is -2.62. The van der Waals surface area contributed by atoms with Crippen LogP contribution in [-0.4, -0.2) is 41.7 Å². The molecule has 0 saturated carbocycles. The van der Waals surface area contributed by atoms with Gasteiger partial charge in [0.05, 0.1) is 0 Å². The van der Waals surface area contributed by atoms with E-state index in [1.54, 1.807) is 0 Å². The zero-order valence-electron chi connectivity index (χ0n) is 14.8. The van der Waals surface area contributed by atoms with E-state index < -0.39 is 8.40 Å². The molecule has 2 rings (SSSR count). The summed E-state index contributed by atoms with van der Waals surface area (Å²) in [6.07, 6.45) is 0. The van der Waals surface area contributed by atoms with Gasteiger partial charge in [0.1, 0.15) is 0 Å². The first-order chi connectivity index (χ1) is 8.22. The molecule has 2 heterocycles. The van der Waals surface area contributed by atoms with E-state index in [2.05, 4.69) is 78.4 Å². The monoisotopic (exact) mass is 282 g/mol. The summed E-state index contributed by atoms with van der Waals surface area (Å²) in [4.78, 5) is 0. The van der Waals surface area contributed by atoms with E-state index in [4.69, 9.17) is 0 Å². The Hall–Kier alpha value is 0.137. The number of rotatable bonds is 0. The Morgan fingerprint density at radius 3 is 1.11 bits per heavy atom. The average molecular weight is 283 g/mol. The Morgan fingerprint density at radius 1 is 0.684 bits per heavy atom. The molecule has 0 aliphatic carbocycles. The molecule has 0 N–H and O–H groups in total. The minimum atomic E-state index is -1.61. The van der Waals surface area contributed by atoms with E-state index in [1.807, 2.05) is 0 Å². The van der Waals surface area contributed by atoms with Crippen LogP contribution in [0.3, 0.4) is 0 Å². The van der Waals surface area contributed by atoms with Crippen LogP contribution in [0.1, 0.15) is 69.2 Å². The van der Waals surface area contributed by atoms with E-state index in [-0.39, 0.29) is 11.1 Å². The predicted molar refractivity (Wildman–Crippen MR) is 86.8 cm³/mol. The van der Waals surface area contributed by atoms with E-state index in [1.165, 1.54) is 13.1 Å². The molecule has 0 amide bonds. The summed E-state index contributed by atoms with van der Waals surface area (Å²) in [6.45, 7) is 27.0. The van der Waals surface area contributed by atoms with Gasteiger partial charge in [0.2, 0.25) is 8.40 Å². The summed E-state index contributed by atoms with van der Waals surface area (Å²) in [6, 6.07) is 0. The lowest BCUT2D eigenvalue weighted by molar-refractivity contribution is 0.256. The van der Waals surface area contributed by atoms with Gasteiger partial charge in [-0.05, 0) is 51.6 Å². The Kier molecular flexibility index (Phi) is 2.99. The first kappa shape index (κ1) is 15.5. The van der Waals surface area contributed by atoms with Gasteiger partial charge in [-0.25, -0.2) is 0 Å². The van der Waals surface area contributed by atoms with Crippen molar-refractivity contribution in [1.82, 2.24) is 9.13 Å². The summed E-state index contributed by atoms with van der Waals surface area (Å²) in [5.74, 6) is 0. The molecule has 2 aliphatic rings. The highest BCUT2D eigenvalue weighted by Gasteiger charge is 2.87. The lowest BCUT2D eigenvalue weighted by atomic mass is 10.0. The summed E-state index contributed by atoms with van der Waals surface area (Å²) in [5.41, 5.74) is 0.578. The second kappa shape index (κ2) is 3.66. The highest BCUT2D eigenvalue weighted by atomic mass is 28.4.